The second-order valence-electron chi connectivity index (χ2n) is 4.69. The van der Waals surface area contributed by atoms with Crippen LogP contribution in [-0.2, 0) is 6.42 Å². The summed E-state index contributed by atoms with van der Waals surface area (Å²) in [7, 11) is 4.13. The number of aromatic nitrogens is 1. The van der Waals surface area contributed by atoms with Crippen molar-refractivity contribution in [3.63, 3.8) is 0 Å². The molecular weight excluding hydrogens is 226 g/mol. The molecule has 98 valence electrons. The summed E-state index contributed by atoms with van der Waals surface area (Å²) in [6.45, 7) is 5.03. The maximum atomic E-state index is 5.55. The van der Waals surface area contributed by atoms with Gasteiger partial charge >= 0.3 is 0 Å². The van der Waals surface area contributed by atoms with Gasteiger partial charge in [0.1, 0.15) is 5.52 Å². The number of aryl methyl sites for hydroxylation is 1. The number of nitrogens with zero attached hydrogens (tertiary/aromatic N) is 2. The van der Waals surface area contributed by atoms with Crippen molar-refractivity contribution >= 4 is 11.1 Å². The standard InChI is InChI=1S/C14H21N3O/c1-11-16-13-5-4-12(10-14(13)18-11)6-8-17(3)9-7-15-2/h4-5,10,15H,6-9H2,1-3H3. The lowest BCUT2D eigenvalue weighted by Crippen LogP contribution is -2.29. The fraction of sp³-hybridized carbons (Fsp3) is 0.500. The van der Waals surface area contributed by atoms with Crippen LogP contribution in [0.25, 0.3) is 11.1 Å². The van der Waals surface area contributed by atoms with Crippen LogP contribution in [0.4, 0.5) is 0 Å². The van der Waals surface area contributed by atoms with Crippen molar-refractivity contribution in [3.05, 3.63) is 29.7 Å². The van der Waals surface area contributed by atoms with Gasteiger partial charge in [0.25, 0.3) is 0 Å². The summed E-state index contributed by atoms with van der Waals surface area (Å²) >= 11 is 0. The van der Waals surface area contributed by atoms with Gasteiger partial charge in [-0.3, -0.25) is 0 Å². The molecule has 2 aromatic rings. The maximum Gasteiger partial charge on any atom is 0.192 e. The van der Waals surface area contributed by atoms with Gasteiger partial charge in [0.2, 0.25) is 0 Å². The second kappa shape index (κ2) is 5.98. The van der Waals surface area contributed by atoms with E-state index in [-0.39, 0.29) is 0 Å². The van der Waals surface area contributed by atoms with Crippen LogP contribution in [0, 0.1) is 6.92 Å². The van der Waals surface area contributed by atoms with Crippen LogP contribution >= 0.6 is 0 Å². The molecule has 0 aliphatic heterocycles. The second-order valence-corrected chi connectivity index (χ2v) is 4.69. The first kappa shape index (κ1) is 13.1. The molecule has 0 saturated heterocycles. The molecule has 2 rings (SSSR count). The number of hydrogen-bond acceptors (Lipinski definition) is 4. The number of oxazole rings is 1. The molecule has 1 N–H and O–H groups in total. The van der Waals surface area contributed by atoms with E-state index in [0.29, 0.717) is 0 Å². The molecule has 0 atom stereocenters. The molecule has 0 aliphatic carbocycles. The SMILES string of the molecule is CNCCN(C)CCc1ccc2nc(C)oc2c1. The smallest absolute Gasteiger partial charge is 0.192 e. The highest BCUT2D eigenvalue weighted by Crippen LogP contribution is 2.17. The Balaban J connectivity index is 1.95. The first-order chi connectivity index (χ1) is 8.69. The predicted molar refractivity (Wildman–Crippen MR) is 73.9 cm³/mol. The van der Waals surface area contributed by atoms with Crippen LogP contribution in [0.15, 0.2) is 22.6 Å². The number of likely N-dealkylation sites (N-methyl/N-ethyl adjacent to an activating group) is 2. The van der Waals surface area contributed by atoms with Crippen molar-refractivity contribution in [2.75, 3.05) is 33.7 Å². The van der Waals surface area contributed by atoms with Crippen molar-refractivity contribution < 1.29 is 4.42 Å². The van der Waals surface area contributed by atoms with E-state index in [1.165, 1.54) is 5.56 Å². The van der Waals surface area contributed by atoms with Gasteiger partial charge in [0.15, 0.2) is 11.5 Å². The average molecular weight is 247 g/mol. The van der Waals surface area contributed by atoms with Crippen LogP contribution < -0.4 is 5.32 Å². The number of hydrogen-bond donors (Lipinski definition) is 1. The monoisotopic (exact) mass is 247 g/mol. The molecule has 0 radical (unpaired) electrons. The molecule has 0 amide bonds. The molecule has 0 fully saturated rings. The quantitative estimate of drug-likeness (QED) is 0.845. The maximum absolute atomic E-state index is 5.55. The fourth-order valence-corrected chi connectivity index (χ4v) is 1.97. The lowest BCUT2D eigenvalue weighted by molar-refractivity contribution is 0.339. The van der Waals surface area contributed by atoms with Crippen molar-refractivity contribution in [1.29, 1.82) is 0 Å². The highest BCUT2D eigenvalue weighted by molar-refractivity contribution is 5.73. The Hall–Kier alpha value is -1.39. The van der Waals surface area contributed by atoms with E-state index < -0.39 is 0 Å². The Kier molecular flexibility index (Phi) is 4.33. The number of rotatable bonds is 6. The zero-order chi connectivity index (χ0) is 13.0. The molecular formula is C14H21N3O. The lowest BCUT2D eigenvalue weighted by Gasteiger charge is -2.15. The summed E-state index contributed by atoms with van der Waals surface area (Å²) < 4.78 is 5.55. The van der Waals surface area contributed by atoms with Gasteiger partial charge in [-0.25, -0.2) is 4.98 Å². The molecule has 0 saturated carbocycles. The summed E-state index contributed by atoms with van der Waals surface area (Å²) in [4.78, 5) is 6.63. The Morgan fingerprint density at radius 3 is 2.94 bits per heavy atom. The molecule has 1 aromatic heterocycles. The largest absolute Gasteiger partial charge is 0.441 e. The summed E-state index contributed by atoms with van der Waals surface area (Å²) in [5, 5.41) is 3.16. The number of benzene rings is 1. The topological polar surface area (TPSA) is 41.3 Å². The molecule has 0 spiro atoms. The molecule has 4 nitrogen and oxygen atoms in total. The van der Waals surface area contributed by atoms with Crippen molar-refractivity contribution in [3.8, 4) is 0 Å². The predicted octanol–water partition coefficient (Wildman–Crippen LogP) is 1.83. The van der Waals surface area contributed by atoms with Crippen LogP contribution in [0.5, 0.6) is 0 Å². The first-order valence-corrected chi connectivity index (χ1v) is 6.38. The van der Waals surface area contributed by atoms with E-state index in [1.807, 2.05) is 20.0 Å². The van der Waals surface area contributed by atoms with Gasteiger partial charge < -0.3 is 14.6 Å². The van der Waals surface area contributed by atoms with E-state index >= 15 is 0 Å². The van der Waals surface area contributed by atoms with Gasteiger partial charge in [-0.05, 0) is 38.2 Å². The highest BCUT2D eigenvalue weighted by atomic mass is 16.3. The highest BCUT2D eigenvalue weighted by Gasteiger charge is 2.04. The van der Waals surface area contributed by atoms with E-state index in [9.17, 15) is 0 Å². The molecule has 4 heteroatoms. The van der Waals surface area contributed by atoms with E-state index in [0.717, 1.165) is 43.0 Å². The minimum atomic E-state index is 0.730. The lowest BCUT2D eigenvalue weighted by atomic mass is 10.1. The van der Waals surface area contributed by atoms with Gasteiger partial charge in [-0.1, -0.05) is 6.07 Å². The summed E-state index contributed by atoms with van der Waals surface area (Å²) in [5.41, 5.74) is 3.14. The summed E-state index contributed by atoms with van der Waals surface area (Å²) in [5.74, 6) is 0.730. The molecule has 1 heterocycles. The van der Waals surface area contributed by atoms with Crippen molar-refractivity contribution in [2.45, 2.75) is 13.3 Å². The Morgan fingerprint density at radius 2 is 2.17 bits per heavy atom. The van der Waals surface area contributed by atoms with Crippen LogP contribution in [0.3, 0.4) is 0 Å². The van der Waals surface area contributed by atoms with E-state index in [2.05, 4.69) is 34.4 Å². The Bertz CT molecular complexity index is 507. The average Bonchev–Trinajstić information content (AvgIpc) is 2.73. The molecule has 0 bridgehead atoms. The molecule has 0 unspecified atom stereocenters. The third-order valence-electron chi connectivity index (χ3n) is 3.09. The minimum absolute atomic E-state index is 0.730. The minimum Gasteiger partial charge on any atom is -0.441 e. The van der Waals surface area contributed by atoms with Crippen molar-refractivity contribution in [2.24, 2.45) is 0 Å². The van der Waals surface area contributed by atoms with Crippen molar-refractivity contribution in [1.82, 2.24) is 15.2 Å². The summed E-state index contributed by atoms with van der Waals surface area (Å²) in [6, 6.07) is 6.27. The summed E-state index contributed by atoms with van der Waals surface area (Å²) in [6.07, 6.45) is 1.04. The molecule has 1 aromatic carbocycles. The molecule has 18 heavy (non-hydrogen) atoms. The third kappa shape index (κ3) is 3.31. The number of fused-ring (bicyclic) bond motifs is 1. The van der Waals surface area contributed by atoms with Crippen LogP contribution in [0.2, 0.25) is 0 Å². The van der Waals surface area contributed by atoms with Gasteiger partial charge in [0.05, 0.1) is 0 Å². The van der Waals surface area contributed by atoms with Crippen LogP contribution in [0.1, 0.15) is 11.5 Å². The van der Waals surface area contributed by atoms with Crippen LogP contribution in [-0.4, -0.2) is 43.6 Å². The fourth-order valence-electron chi connectivity index (χ4n) is 1.97. The van der Waals surface area contributed by atoms with Gasteiger partial charge in [-0.15, -0.1) is 0 Å². The Labute approximate surface area is 108 Å². The van der Waals surface area contributed by atoms with E-state index in [4.69, 9.17) is 4.42 Å². The zero-order valence-corrected chi connectivity index (χ0v) is 11.4. The first-order valence-electron chi connectivity index (χ1n) is 6.38. The number of nitrogens with one attached hydrogen (secondary N) is 1. The molecule has 0 aliphatic rings. The normalized spacial score (nSPS) is 11.6. The van der Waals surface area contributed by atoms with Gasteiger partial charge in [-0.2, -0.15) is 0 Å². The Morgan fingerprint density at radius 1 is 1.33 bits per heavy atom. The van der Waals surface area contributed by atoms with E-state index in [1.54, 1.807) is 0 Å². The zero-order valence-electron chi connectivity index (χ0n) is 11.4. The third-order valence-corrected chi connectivity index (χ3v) is 3.09. The van der Waals surface area contributed by atoms with Gasteiger partial charge in [0, 0.05) is 26.6 Å².